The number of carbonyl (C=O) groups excluding carboxylic acids is 1. The number of benzene rings is 2. The fraction of sp³-hybridized carbons (Fsp3) is 0.176. The molecule has 0 fully saturated rings. The van der Waals surface area contributed by atoms with Crippen molar-refractivity contribution in [2.45, 2.75) is 13.3 Å². The van der Waals surface area contributed by atoms with Gasteiger partial charge in [0.1, 0.15) is 5.75 Å². The van der Waals surface area contributed by atoms with E-state index in [-0.39, 0.29) is 5.75 Å². The molecule has 2 aromatic rings. The first kappa shape index (κ1) is 15.6. The molecule has 0 saturated heterocycles. The van der Waals surface area contributed by atoms with Crippen LogP contribution in [0.2, 0.25) is 0 Å². The number of methoxy groups -OCH3 is 1. The van der Waals surface area contributed by atoms with E-state index in [0.29, 0.717) is 17.5 Å². The molecular weight excluding hydrogens is 284 g/mol. The molecule has 0 amide bonds. The Morgan fingerprint density at radius 1 is 1.05 bits per heavy atom. The lowest BCUT2D eigenvalue weighted by Gasteiger charge is -2.14. The number of ether oxygens (including phenoxy) is 2. The summed E-state index contributed by atoms with van der Waals surface area (Å²) in [6, 6.07) is 12.1. The van der Waals surface area contributed by atoms with Crippen LogP contribution in [0.1, 0.15) is 22.8 Å². The summed E-state index contributed by atoms with van der Waals surface area (Å²) in [6.45, 7) is 1.90. The van der Waals surface area contributed by atoms with Crippen LogP contribution in [-0.2, 0) is 11.2 Å². The maximum absolute atomic E-state index is 11.9. The minimum atomic E-state index is -1.37. The van der Waals surface area contributed by atoms with Gasteiger partial charge in [0.05, 0.1) is 12.7 Å². The molecule has 0 spiro atoms. The molecule has 1 N–H and O–H groups in total. The molecule has 0 atom stereocenters. The van der Waals surface area contributed by atoms with E-state index in [0.717, 1.165) is 11.1 Å². The Morgan fingerprint density at radius 3 is 2.36 bits per heavy atom. The zero-order valence-corrected chi connectivity index (χ0v) is 12.3. The molecule has 114 valence electrons. The van der Waals surface area contributed by atoms with Crippen molar-refractivity contribution in [1.29, 1.82) is 0 Å². The van der Waals surface area contributed by atoms with Crippen LogP contribution >= 0.6 is 0 Å². The average molecular weight is 300 g/mol. The summed E-state index contributed by atoms with van der Waals surface area (Å²) in [5.74, 6) is -0.172. The van der Waals surface area contributed by atoms with Gasteiger partial charge in [-0.1, -0.05) is 37.3 Å². The lowest BCUT2D eigenvalue weighted by Crippen LogP contribution is -2.07. The Bertz CT molecular complexity index is 706. The second kappa shape index (κ2) is 6.76. The van der Waals surface area contributed by atoms with Gasteiger partial charge in [-0.25, -0.2) is 9.59 Å². The highest BCUT2D eigenvalue weighted by molar-refractivity contribution is 5.98. The Morgan fingerprint density at radius 2 is 1.73 bits per heavy atom. The first-order chi connectivity index (χ1) is 10.6. The minimum Gasteiger partial charge on any atom is -0.465 e. The summed E-state index contributed by atoms with van der Waals surface area (Å²) in [7, 11) is 1.32. The molecule has 0 aliphatic carbocycles. The fourth-order valence-electron chi connectivity index (χ4n) is 2.38. The standard InChI is InChI=1S/C17H16O5/c1-3-11-12(9-6-10-15(11)22-17(19)20)13-7-4-5-8-14(13)16(18)21-2/h4-10H,3H2,1-2H3,(H,19,20). The first-order valence-electron chi connectivity index (χ1n) is 6.78. The van der Waals surface area contributed by atoms with E-state index in [9.17, 15) is 9.59 Å². The van der Waals surface area contributed by atoms with Gasteiger partial charge in [-0.2, -0.15) is 0 Å². The molecule has 0 aliphatic rings. The third-order valence-corrected chi connectivity index (χ3v) is 3.31. The van der Waals surface area contributed by atoms with Crippen LogP contribution in [0.5, 0.6) is 5.75 Å². The highest BCUT2D eigenvalue weighted by atomic mass is 16.7. The minimum absolute atomic E-state index is 0.271. The highest BCUT2D eigenvalue weighted by Crippen LogP contribution is 2.33. The van der Waals surface area contributed by atoms with Crippen molar-refractivity contribution in [1.82, 2.24) is 0 Å². The average Bonchev–Trinajstić information content (AvgIpc) is 2.53. The van der Waals surface area contributed by atoms with Crippen LogP contribution in [0.3, 0.4) is 0 Å². The monoisotopic (exact) mass is 300 g/mol. The Kier molecular flexibility index (Phi) is 4.78. The molecule has 0 aromatic heterocycles. The van der Waals surface area contributed by atoms with Crippen LogP contribution in [0.25, 0.3) is 11.1 Å². The van der Waals surface area contributed by atoms with Crippen molar-refractivity contribution < 1.29 is 24.2 Å². The van der Waals surface area contributed by atoms with Gasteiger partial charge in [0.2, 0.25) is 0 Å². The number of carboxylic acid groups (broad SMARTS) is 1. The number of carbonyl (C=O) groups is 2. The highest BCUT2D eigenvalue weighted by Gasteiger charge is 2.17. The van der Waals surface area contributed by atoms with Crippen molar-refractivity contribution in [3.05, 3.63) is 53.6 Å². The quantitative estimate of drug-likeness (QED) is 0.687. The number of hydrogen-bond acceptors (Lipinski definition) is 4. The number of esters is 1. The number of rotatable bonds is 4. The zero-order chi connectivity index (χ0) is 16.1. The molecule has 2 rings (SSSR count). The van der Waals surface area contributed by atoms with Gasteiger partial charge in [0.25, 0.3) is 0 Å². The summed E-state index contributed by atoms with van der Waals surface area (Å²) < 4.78 is 9.63. The molecule has 2 aromatic carbocycles. The SMILES string of the molecule is CCc1c(OC(=O)O)cccc1-c1ccccc1C(=O)OC. The van der Waals surface area contributed by atoms with E-state index in [2.05, 4.69) is 0 Å². The van der Waals surface area contributed by atoms with Gasteiger partial charge in [0.15, 0.2) is 0 Å². The lowest BCUT2D eigenvalue weighted by molar-refractivity contribution is 0.0601. The van der Waals surface area contributed by atoms with Gasteiger partial charge in [0, 0.05) is 5.56 Å². The topological polar surface area (TPSA) is 72.8 Å². The summed E-state index contributed by atoms with van der Waals surface area (Å²) in [4.78, 5) is 22.7. The van der Waals surface area contributed by atoms with Crippen LogP contribution in [0, 0.1) is 0 Å². The molecule has 0 radical (unpaired) electrons. The molecular formula is C17H16O5. The Balaban J connectivity index is 2.63. The maximum atomic E-state index is 11.9. The molecule has 0 unspecified atom stereocenters. The zero-order valence-electron chi connectivity index (χ0n) is 12.3. The van der Waals surface area contributed by atoms with E-state index < -0.39 is 12.1 Å². The summed E-state index contributed by atoms with van der Waals surface area (Å²) in [5, 5.41) is 8.83. The second-order valence-corrected chi connectivity index (χ2v) is 4.54. The molecule has 0 saturated carbocycles. The Labute approximate surface area is 128 Å². The van der Waals surface area contributed by atoms with Crippen LogP contribution in [-0.4, -0.2) is 24.3 Å². The smallest absolute Gasteiger partial charge is 0.465 e. The molecule has 0 bridgehead atoms. The predicted molar refractivity (Wildman–Crippen MR) is 81.2 cm³/mol. The number of hydrogen-bond donors (Lipinski definition) is 1. The van der Waals surface area contributed by atoms with Crippen molar-refractivity contribution in [3.63, 3.8) is 0 Å². The maximum Gasteiger partial charge on any atom is 0.511 e. The summed E-state index contributed by atoms with van der Waals surface area (Å²) in [5.41, 5.74) is 2.58. The van der Waals surface area contributed by atoms with Crippen molar-refractivity contribution in [2.24, 2.45) is 0 Å². The van der Waals surface area contributed by atoms with Gasteiger partial charge in [-0.15, -0.1) is 0 Å². The van der Waals surface area contributed by atoms with E-state index >= 15 is 0 Å². The molecule has 5 nitrogen and oxygen atoms in total. The largest absolute Gasteiger partial charge is 0.511 e. The fourth-order valence-corrected chi connectivity index (χ4v) is 2.38. The van der Waals surface area contributed by atoms with Crippen molar-refractivity contribution >= 4 is 12.1 Å². The molecule has 22 heavy (non-hydrogen) atoms. The molecule has 5 heteroatoms. The third-order valence-electron chi connectivity index (χ3n) is 3.31. The molecule has 0 aliphatic heterocycles. The van der Waals surface area contributed by atoms with E-state index in [1.807, 2.05) is 19.1 Å². The van der Waals surface area contributed by atoms with E-state index in [4.69, 9.17) is 14.6 Å². The molecule has 0 heterocycles. The van der Waals surface area contributed by atoms with Gasteiger partial charge >= 0.3 is 12.1 Å². The van der Waals surface area contributed by atoms with Crippen molar-refractivity contribution in [2.75, 3.05) is 7.11 Å². The van der Waals surface area contributed by atoms with Crippen LogP contribution in [0.4, 0.5) is 4.79 Å². The van der Waals surface area contributed by atoms with E-state index in [1.54, 1.807) is 30.3 Å². The predicted octanol–water partition coefficient (Wildman–Crippen LogP) is 3.76. The second-order valence-electron chi connectivity index (χ2n) is 4.54. The summed E-state index contributed by atoms with van der Waals surface area (Å²) in [6.07, 6.45) is -0.804. The van der Waals surface area contributed by atoms with Gasteiger partial charge in [-0.05, 0) is 29.7 Å². The third kappa shape index (κ3) is 3.09. The van der Waals surface area contributed by atoms with E-state index in [1.165, 1.54) is 7.11 Å². The summed E-state index contributed by atoms with van der Waals surface area (Å²) >= 11 is 0. The van der Waals surface area contributed by atoms with Crippen molar-refractivity contribution in [3.8, 4) is 16.9 Å². The first-order valence-corrected chi connectivity index (χ1v) is 6.78. The lowest BCUT2D eigenvalue weighted by atomic mass is 9.93. The Hall–Kier alpha value is -2.82. The van der Waals surface area contributed by atoms with Crippen LogP contribution in [0.15, 0.2) is 42.5 Å². The normalized spacial score (nSPS) is 10.1. The van der Waals surface area contributed by atoms with Crippen LogP contribution < -0.4 is 4.74 Å². The van der Waals surface area contributed by atoms with Gasteiger partial charge in [-0.3, -0.25) is 0 Å². The van der Waals surface area contributed by atoms with Gasteiger partial charge < -0.3 is 14.6 Å².